The molecule has 2 aromatic heterocycles. The van der Waals surface area contributed by atoms with Crippen molar-refractivity contribution < 1.29 is 24.3 Å². The molecule has 2 aliphatic rings. The number of hydrogen-bond acceptors (Lipinski definition) is 13. The summed E-state index contributed by atoms with van der Waals surface area (Å²) < 4.78 is 0.0178. The van der Waals surface area contributed by atoms with Crippen molar-refractivity contribution in [2.75, 3.05) is 11.5 Å². The van der Waals surface area contributed by atoms with Crippen molar-refractivity contribution in [2.45, 2.75) is 28.9 Å². The van der Waals surface area contributed by atoms with Crippen molar-refractivity contribution in [3.8, 4) is 0 Å². The van der Waals surface area contributed by atoms with E-state index in [0.29, 0.717) is 27.5 Å². The molecule has 13 nitrogen and oxygen atoms in total. The van der Waals surface area contributed by atoms with Crippen molar-refractivity contribution in [3.05, 3.63) is 49.1 Å². The first-order valence-corrected chi connectivity index (χ1v) is 14.0. The fourth-order valence-electron chi connectivity index (χ4n) is 3.76. The quantitative estimate of drug-likeness (QED) is 0.124. The fourth-order valence-corrected chi connectivity index (χ4v) is 7.55. The lowest BCUT2D eigenvalue weighted by molar-refractivity contribution is -0.150. The van der Waals surface area contributed by atoms with Gasteiger partial charge >= 0.3 is 5.97 Å². The van der Waals surface area contributed by atoms with Crippen LogP contribution in [0, 0.1) is 4.91 Å². The average Bonchev–Trinajstić information content (AvgIpc) is 3.23. The van der Waals surface area contributed by atoms with Crippen LogP contribution in [0.4, 0.5) is 5.13 Å². The number of carboxylic acids is 1. The van der Waals surface area contributed by atoms with E-state index in [1.807, 2.05) is 0 Å². The van der Waals surface area contributed by atoms with Gasteiger partial charge in [0.1, 0.15) is 27.1 Å². The third kappa shape index (κ3) is 5.24. The predicted octanol–water partition coefficient (Wildman–Crippen LogP) is 1.66. The topological polar surface area (TPSA) is 197 Å². The maximum Gasteiger partial charge on any atom is 0.353 e. The van der Waals surface area contributed by atoms with Gasteiger partial charge in [-0.05, 0) is 11.2 Å². The van der Waals surface area contributed by atoms with Crippen molar-refractivity contribution in [3.63, 3.8) is 0 Å². The van der Waals surface area contributed by atoms with Crippen molar-refractivity contribution in [1.29, 1.82) is 0 Å². The number of carboxylic acid groups (broad SMARTS) is 1. The Bertz CT molecular complexity index is 1390. The molecule has 2 aliphatic heterocycles. The number of halogens is 1. The van der Waals surface area contributed by atoms with Crippen LogP contribution in [0.2, 0.25) is 4.34 Å². The van der Waals surface area contributed by atoms with Crippen LogP contribution in [0.1, 0.15) is 23.0 Å². The zero-order chi connectivity index (χ0) is 27.6. The number of thiocarbonyl (C=S) groups is 1. The molecule has 0 saturated carbocycles. The molecule has 3 amide bonds. The van der Waals surface area contributed by atoms with Crippen molar-refractivity contribution >= 4 is 93.4 Å². The van der Waals surface area contributed by atoms with E-state index in [4.69, 9.17) is 29.6 Å². The molecule has 2 aromatic rings. The van der Waals surface area contributed by atoms with E-state index in [1.165, 1.54) is 23.3 Å². The standard InChI is InChI=1S/C20H16ClN7O6S4/c21-15-11(26-20(22)38-15)12(27-34)16(30)25-13-17(31)28-14(19(32)33)10(5-36-18(13)28)37-9-1-2-24-8(4-35)7(9)3-23-6-29/h1-2,4,6,12-13,18H,3,5H2,(H2,22,26)(H,23,29)(H,25,30)(H,32,33)/t12?,13-,18+/m1/s1. The molecule has 0 aliphatic carbocycles. The predicted molar refractivity (Wildman–Crippen MR) is 146 cm³/mol. The monoisotopic (exact) mass is 613 g/mol. The van der Waals surface area contributed by atoms with Gasteiger partial charge < -0.3 is 21.5 Å². The molecule has 0 radical (unpaired) electrons. The Morgan fingerprint density at radius 2 is 2.24 bits per heavy atom. The number of thiazole rings is 1. The van der Waals surface area contributed by atoms with Gasteiger partial charge in [0.25, 0.3) is 11.8 Å². The number of pyridine rings is 1. The van der Waals surface area contributed by atoms with Crippen LogP contribution < -0.4 is 16.4 Å². The van der Waals surface area contributed by atoms with Gasteiger partial charge in [-0.15, -0.1) is 16.7 Å². The smallest absolute Gasteiger partial charge is 0.353 e. The number of carbonyl (C=O) groups is 4. The van der Waals surface area contributed by atoms with Crippen LogP contribution in [0.25, 0.3) is 0 Å². The van der Waals surface area contributed by atoms with E-state index in [-0.39, 0.29) is 33.2 Å². The Hall–Kier alpha value is -3.12. The summed E-state index contributed by atoms with van der Waals surface area (Å²) in [6.07, 6.45) is 2.03. The minimum Gasteiger partial charge on any atom is -0.477 e. The summed E-state index contributed by atoms with van der Waals surface area (Å²) in [5, 5.41) is 18.4. The third-order valence-electron chi connectivity index (χ3n) is 5.43. The highest BCUT2D eigenvalue weighted by Gasteiger charge is 2.55. The second-order valence-corrected chi connectivity index (χ2v) is 11.7. The number of hydrogen-bond donors (Lipinski definition) is 4. The van der Waals surface area contributed by atoms with E-state index < -0.39 is 35.2 Å². The van der Waals surface area contributed by atoms with Crippen LogP contribution in [0.5, 0.6) is 0 Å². The maximum absolute atomic E-state index is 13.0. The molecule has 5 N–H and O–H groups in total. The van der Waals surface area contributed by atoms with Gasteiger partial charge in [0, 0.05) is 39.2 Å². The lowest BCUT2D eigenvalue weighted by Gasteiger charge is -2.49. The van der Waals surface area contributed by atoms with Crippen molar-refractivity contribution in [1.82, 2.24) is 25.5 Å². The Balaban J connectivity index is 1.57. The number of rotatable bonds is 11. The minimum absolute atomic E-state index is 0.0178. The highest BCUT2D eigenvalue weighted by atomic mass is 35.5. The van der Waals surface area contributed by atoms with Crippen LogP contribution in [0.3, 0.4) is 0 Å². The zero-order valence-electron chi connectivity index (χ0n) is 18.8. The number of nitroso groups, excluding NO2 is 1. The fraction of sp³-hybridized carbons (Fsp3) is 0.250. The van der Waals surface area contributed by atoms with Crippen LogP contribution >= 0.6 is 58.7 Å². The molecule has 4 heterocycles. The van der Waals surface area contributed by atoms with E-state index in [0.717, 1.165) is 28.0 Å². The number of nitrogen functional groups attached to an aromatic ring is 1. The Morgan fingerprint density at radius 3 is 2.84 bits per heavy atom. The number of carbonyl (C=O) groups excluding carboxylic acids is 3. The van der Waals surface area contributed by atoms with E-state index >= 15 is 0 Å². The number of aliphatic carboxylic acids is 1. The summed E-state index contributed by atoms with van der Waals surface area (Å²) in [6.45, 7) is 0.116. The Labute approximate surface area is 236 Å². The highest BCUT2D eigenvalue weighted by molar-refractivity contribution is 8.06. The summed E-state index contributed by atoms with van der Waals surface area (Å²) in [6, 6.07) is -1.07. The number of nitrogens with zero attached hydrogens (tertiary/aromatic N) is 4. The van der Waals surface area contributed by atoms with Gasteiger partial charge in [0.2, 0.25) is 12.5 Å². The number of amides is 3. The molecule has 0 aromatic carbocycles. The molecule has 3 atom stereocenters. The normalized spacial score (nSPS) is 19.2. The Morgan fingerprint density at radius 1 is 1.47 bits per heavy atom. The summed E-state index contributed by atoms with van der Waals surface area (Å²) in [7, 11) is 0. The first kappa shape index (κ1) is 27.9. The number of aromatic nitrogens is 2. The molecule has 4 rings (SSSR count). The summed E-state index contributed by atoms with van der Waals surface area (Å²) in [4.78, 5) is 70.3. The van der Waals surface area contributed by atoms with Crippen LogP contribution in [-0.4, -0.2) is 66.7 Å². The number of thioether (sulfide) groups is 2. The second-order valence-electron chi connectivity index (χ2n) is 7.58. The minimum atomic E-state index is -1.63. The maximum atomic E-state index is 13.0. The lowest BCUT2D eigenvalue weighted by atomic mass is 10.0. The number of nitrogens with one attached hydrogen (secondary N) is 2. The van der Waals surface area contributed by atoms with Gasteiger partial charge in [-0.3, -0.25) is 24.3 Å². The molecule has 1 unspecified atom stereocenters. The van der Waals surface area contributed by atoms with Gasteiger partial charge in [0.05, 0.1) is 5.69 Å². The largest absolute Gasteiger partial charge is 0.477 e. The highest BCUT2D eigenvalue weighted by Crippen LogP contribution is 2.46. The van der Waals surface area contributed by atoms with Gasteiger partial charge in [-0.1, -0.05) is 46.9 Å². The molecule has 1 saturated heterocycles. The number of fused-ring (bicyclic) bond motifs is 1. The van der Waals surface area contributed by atoms with Gasteiger partial charge in [-0.2, -0.15) is 0 Å². The molecule has 1 fully saturated rings. The number of β-lactam (4-membered cyclic amide) rings is 1. The molecule has 18 heteroatoms. The first-order valence-electron chi connectivity index (χ1n) is 10.4. The molecule has 0 bridgehead atoms. The summed E-state index contributed by atoms with van der Waals surface area (Å²) >= 11 is 14.2. The van der Waals surface area contributed by atoms with Crippen molar-refractivity contribution in [2.24, 2.45) is 5.18 Å². The molecule has 38 heavy (non-hydrogen) atoms. The molecule has 198 valence electrons. The van der Waals surface area contributed by atoms with Crippen LogP contribution in [0.15, 0.2) is 32.9 Å². The number of anilines is 1. The zero-order valence-corrected chi connectivity index (χ0v) is 22.8. The van der Waals surface area contributed by atoms with E-state index in [1.54, 1.807) is 6.07 Å². The van der Waals surface area contributed by atoms with E-state index in [2.05, 4.69) is 25.8 Å². The van der Waals surface area contributed by atoms with Gasteiger partial charge in [-0.25, -0.2) is 9.78 Å². The second kappa shape index (κ2) is 11.7. The molecule has 0 spiro atoms. The molecular formula is C20H16ClN7O6S4. The number of nitrogens with two attached hydrogens (primary N) is 1. The Kier molecular flexibility index (Phi) is 8.61. The SMILES string of the molecule is Nc1nc(C(N=O)C(=O)N[C@@H]2C(=O)N3C(C(=O)O)=C(Sc4ccnc(C=S)c4CNC=O)CS[C@@H]23)c(Cl)s1. The van der Waals surface area contributed by atoms with Gasteiger partial charge in [0.15, 0.2) is 5.13 Å². The third-order valence-corrected chi connectivity index (χ3v) is 9.41. The molecular weight excluding hydrogens is 598 g/mol. The average molecular weight is 614 g/mol. The summed E-state index contributed by atoms with van der Waals surface area (Å²) in [5.74, 6) is -2.71. The van der Waals surface area contributed by atoms with E-state index in [9.17, 15) is 29.2 Å². The first-order chi connectivity index (χ1) is 18.2. The van der Waals surface area contributed by atoms with Crippen LogP contribution in [-0.2, 0) is 25.7 Å². The lowest BCUT2D eigenvalue weighted by Crippen LogP contribution is -2.70. The summed E-state index contributed by atoms with van der Waals surface area (Å²) in [5.41, 5.74) is 6.26.